The van der Waals surface area contributed by atoms with Gasteiger partial charge in [-0.2, -0.15) is 0 Å². The number of fused-ring (bicyclic) bond motifs is 5. The summed E-state index contributed by atoms with van der Waals surface area (Å²) in [7, 11) is -15.2. The Bertz CT molecular complexity index is 2450. The van der Waals surface area contributed by atoms with Gasteiger partial charge in [-0.1, -0.05) is 13.8 Å². The average Bonchev–Trinajstić information content (AvgIpc) is 3.57. The molecule has 4 unspecified atom stereocenters. The number of aromatic nitrogens is 2. The highest BCUT2D eigenvalue weighted by atomic mass is 31.2. The van der Waals surface area contributed by atoms with Crippen LogP contribution in [-0.4, -0.2) is 84.8 Å². The molecular weight excluding hydrogens is 911 g/mol. The number of carbonyl (C=O) groups is 3. The van der Waals surface area contributed by atoms with Gasteiger partial charge in [0.1, 0.15) is 18.5 Å². The molecule has 3 aromatic rings. The number of aryl methyl sites for hydroxylation is 1. The Morgan fingerprint density at radius 2 is 1.69 bits per heavy atom. The van der Waals surface area contributed by atoms with Crippen molar-refractivity contribution in [2.45, 2.75) is 85.7 Å². The molecule has 23 nitrogen and oxygen atoms in total. The molecule has 2 aliphatic heterocycles. The van der Waals surface area contributed by atoms with Gasteiger partial charge in [0.2, 0.25) is 5.60 Å². The van der Waals surface area contributed by atoms with Crippen molar-refractivity contribution in [1.82, 2.24) is 14.9 Å². The Morgan fingerprint density at radius 1 is 0.969 bits per heavy atom. The van der Waals surface area contributed by atoms with Gasteiger partial charge in [-0.3, -0.25) is 23.3 Å². The normalized spacial score (nSPS) is 19.0. The van der Waals surface area contributed by atoms with E-state index in [9.17, 15) is 47.6 Å². The fourth-order valence-corrected chi connectivity index (χ4v) is 8.68. The minimum Gasteiger partial charge on any atom is -0.756 e. The van der Waals surface area contributed by atoms with Crippen LogP contribution in [-0.2, 0) is 85.3 Å². The van der Waals surface area contributed by atoms with Gasteiger partial charge in [0.15, 0.2) is 0 Å². The molecule has 2 aromatic heterocycles. The number of cyclic esters (lactones) is 1. The number of nitrogens with one attached hydrogen (secondary N) is 1. The quantitative estimate of drug-likeness (QED) is 0.0649. The monoisotopic (exact) mass is 960 g/mol. The maximum Gasteiger partial charge on any atom is 0.412 e. The van der Waals surface area contributed by atoms with Gasteiger partial charge in [-0.15, -0.1) is 0 Å². The number of phosphoric ester groups is 3. The molecule has 354 valence electrons. The van der Waals surface area contributed by atoms with Gasteiger partial charge in [0.05, 0.1) is 67.5 Å². The third-order valence-corrected chi connectivity index (χ3v) is 12.4. The molecule has 64 heavy (non-hydrogen) atoms. The summed E-state index contributed by atoms with van der Waals surface area (Å²) in [5.74, 6) is -1.21. The molecule has 4 heterocycles. The lowest BCUT2D eigenvalue weighted by atomic mass is 9.84. The molecule has 0 radical (unpaired) electrons. The second kappa shape index (κ2) is 20.7. The van der Waals surface area contributed by atoms with Crippen molar-refractivity contribution in [3.8, 4) is 17.1 Å². The van der Waals surface area contributed by atoms with Crippen molar-refractivity contribution >= 4 is 52.4 Å². The predicted octanol–water partition coefficient (Wildman–Crippen LogP) is 2.60. The lowest BCUT2D eigenvalue weighted by Gasteiger charge is -2.37. The maximum atomic E-state index is 14.0. The molecule has 1 amide bonds. The van der Waals surface area contributed by atoms with Gasteiger partial charge < -0.3 is 71.0 Å². The van der Waals surface area contributed by atoms with E-state index < -0.39 is 90.6 Å². The summed E-state index contributed by atoms with van der Waals surface area (Å²) < 4.78 is 80.9. The number of hydrogen-bond donors (Lipinski definition) is 2. The highest BCUT2D eigenvalue weighted by molar-refractivity contribution is 7.46. The Hall–Kier alpha value is -3.92. The third kappa shape index (κ3) is 12.5. The van der Waals surface area contributed by atoms with E-state index in [2.05, 4.69) is 23.4 Å². The molecule has 2 N–H and O–H groups in total. The van der Waals surface area contributed by atoms with Crippen molar-refractivity contribution in [3.63, 3.8) is 0 Å². The number of nitrogens with zero attached hydrogens (tertiary/aromatic N) is 2. The van der Waals surface area contributed by atoms with E-state index in [1.165, 1.54) is 6.92 Å². The number of ether oxygens (including phenoxy) is 4. The predicted molar refractivity (Wildman–Crippen MR) is 216 cm³/mol. The van der Waals surface area contributed by atoms with Gasteiger partial charge in [-0.25, -0.2) is 14.6 Å². The van der Waals surface area contributed by atoms with Crippen LogP contribution in [0.15, 0.2) is 29.1 Å². The van der Waals surface area contributed by atoms with Crippen LogP contribution >= 0.6 is 23.5 Å². The number of esters is 2. The lowest BCUT2D eigenvalue weighted by Crippen LogP contribution is -2.48. The Labute approximate surface area is 367 Å². The molecule has 0 fully saturated rings. The number of pyridine rings is 2. The van der Waals surface area contributed by atoms with Crippen LogP contribution in [0.1, 0.15) is 76.6 Å². The summed E-state index contributed by atoms with van der Waals surface area (Å²) in [4.78, 5) is 101. The first-order valence-corrected chi connectivity index (χ1v) is 24.5. The number of benzene rings is 1. The number of rotatable bonds is 22. The smallest absolute Gasteiger partial charge is 0.412 e. The van der Waals surface area contributed by atoms with Crippen molar-refractivity contribution < 1.29 is 89.2 Å². The minimum absolute atomic E-state index is 0.0286. The molecule has 1 aromatic carbocycles. The molecule has 5 atom stereocenters. The Morgan fingerprint density at radius 3 is 2.34 bits per heavy atom. The topological polar surface area (TPSA) is 322 Å². The molecular formula is C38H49N3O20P3-3. The van der Waals surface area contributed by atoms with Gasteiger partial charge in [0.25, 0.3) is 29.0 Å². The minimum atomic E-state index is -5.13. The summed E-state index contributed by atoms with van der Waals surface area (Å²) >= 11 is 0. The van der Waals surface area contributed by atoms with Crippen LogP contribution < -0.4 is 30.3 Å². The number of hydrogen-bond acceptors (Lipinski definition) is 20. The summed E-state index contributed by atoms with van der Waals surface area (Å²) in [6, 6.07) is 6.54. The second-order valence-electron chi connectivity index (χ2n) is 15.4. The van der Waals surface area contributed by atoms with E-state index in [-0.39, 0.29) is 62.6 Å². The maximum absolute atomic E-state index is 14.0. The number of phosphoric acid groups is 3. The average molecular weight is 961 g/mol. The number of amides is 1. The summed E-state index contributed by atoms with van der Waals surface area (Å²) in [5.41, 5.74) is 0.409. The van der Waals surface area contributed by atoms with E-state index in [0.29, 0.717) is 28.7 Å². The molecule has 0 aliphatic carbocycles. The molecule has 26 heteroatoms. The van der Waals surface area contributed by atoms with E-state index in [0.717, 1.165) is 11.1 Å². The fourth-order valence-electron chi connectivity index (χ4n) is 6.79. The first-order valence-electron chi connectivity index (χ1n) is 20.0. The van der Waals surface area contributed by atoms with Crippen LogP contribution in [0.4, 0.5) is 4.79 Å². The standard InChI is InChI=1S/C38H52N3O20P3/c1-7-25-26-17-23(59-36(45)39-13-10-14-53-20-24(61-64(51,52)55-9-3)21-58-63(49,50)57-16-15-56-62(46,47)48)11-12-30(26)40-32-27(25)19-41-31(32)18-29-28(33(41)42)22-54-35(44)38(29,8-2)60-34(43)37(4,5)6/h11-12,17-18,24H,7-10,13-16,19-22H2,1-6H3,(H,39,45)(H,49,50)(H,51,52)(H2,46,47,48)/p-3/t24?,38-/m0/s1. The second-order valence-corrected chi connectivity index (χ2v) is 19.3. The zero-order valence-corrected chi connectivity index (χ0v) is 38.5. The zero-order chi connectivity index (χ0) is 47.3. The van der Waals surface area contributed by atoms with E-state index >= 15 is 0 Å². The lowest BCUT2D eigenvalue weighted by molar-refractivity contribution is -0.240. The van der Waals surface area contributed by atoms with Crippen LogP contribution in [0.5, 0.6) is 5.75 Å². The van der Waals surface area contributed by atoms with E-state index in [1.807, 2.05) is 6.92 Å². The van der Waals surface area contributed by atoms with E-state index in [4.69, 9.17) is 33.3 Å². The summed E-state index contributed by atoms with van der Waals surface area (Å²) in [5, 5.41) is 3.23. The zero-order valence-electron chi connectivity index (χ0n) is 35.8. The first kappa shape index (κ1) is 51.1. The molecule has 2 aliphatic rings. The van der Waals surface area contributed by atoms with Crippen molar-refractivity contribution in [2.75, 3.05) is 46.2 Å². The third-order valence-electron chi connectivity index (χ3n) is 9.80. The molecule has 0 spiro atoms. The Balaban J connectivity index is 1.21. The van der Waals surface area contributed by atoms with Gasteiger partial charge in [0, 0.05) is 29.7 Å². The molecule has 5 rings (SSSR count). The first-order chi connectivity index (χ1) is 29.9. The van der Waals surface area contributed by atoms with Crippen LogP contribution in [0.3, 0.4) is 0 Å². The van der Waals surface area contributed by atoms with Crippen molar-refractivity contribution in [3.05, 3.63) is 56.9 Å². The van der Waals surface area contributed by atoms with Crippen LogP contribution in [0.2, 0.25) is 0 Å². The highest BCUT2D eigenvalue weighted by Crippen LogP contribution is 2.45. The Kier molecular flexibility index (Phi) is 16.5. The van der Waals surface area contributed by atoms with Crippen molar-refractivity contribution in [2.24, 2.45) is 5.41 Å². The number of carbonyl (C=O) groups excluding carboxylic acids is 3. The van der Waals surface area contributed by atoms with Gasteiger partial charge >= 0.3 is 18.0 Å². The molecule has 0 bridgehead atoms. The van der Waals surface area contributed by atoms with Crippen molar-refractivity contribution in [1.29, 1.82) is 0 Å². The van der Waals surface area contributed by atoms with Crippen LogP contribution in [0.25, 0.3) is 22.3 Å². The fraction of sp³-hybridized carbons (Fsp3) is 0.553. The molecule has 0 saturated carbocycles. The SMILES string of the molecule is CCOP(=O)([O-])OC(COCCCNC(=O)Oc1ccc2nc3c(c(CC)c2c1)Cn1c-3cc2c(c1=O)COC(=O)[C@@]2(CC)OC(=O)C(C)(C)C)COP(=O)([O-])OCCOP(=O)([O-])O. The highest BCUT2D eigenvalue weighted by Gasteiger charge is 2.51. The van der Waals surface area contributed by atoms with Gasteiger partial charge in [-0.05, 0) is 76.8 Å². The van der Waals surface area contributed by atoms with E-state index in [1.54, 1.807) is 56.5 Å². The summed E-state index contributed by atoms with van der Waals surface area (Å²) in [6.45, 7) is 6.36. The molecule has 0 saturated heterocycles. The largest absolute Gasteiger partial charge is 0.756 e. The van der Waals surface area contributed by atoms with Crippen LogP contribution in [0, 0.1) is 5.41 Å². The summed E-state index contributed by atoms with van der Waals surface area (Å²) in [6.07, 6.45) is -1.64.